The van der Waals surface area contributed by atoms with Crippen LogP contribution in [0.3, 0.4) is 0 Å². The lowest BCUT2D eigenvalue weighted by Crippen LogP contribution is -2.35. The van der Waals surface area contributed by atoms with Crippen molar-refractivity contribution >= 4 is 39.2 Å². The van der Waals surface area contributed by atoms with E-state index in [0.717, 1.165) is 31.9 Å². The number of nitrogens with zero attached hydrogens (tertiary/aromatic N) is 6. The molecule has 0 unspecified atom stereocenters. The minimum atomic E-state index is -0.307. The molecule has 4 aromatic rings. The van der Waals surface area contributed by atoms with Crippen molar-refractivity contribution in [3.8, 4) is 5.88 Å². The van der Waals surface area contributed by atoms with E-state index < -0.39 is 0 Å². The van der Waals surface area contributed by atoms with E-state index in [1.807, 2.05) is 31.2 Å². The molecule has 1 aliphatic rings. The van der Waals surface area contributed by atoms with Crippen LogP contribution < -0.4 is 10.1 Å². The van der Waals surface area contributed by atoms with E-state index in [1.54, 1.807) is 18.0 Å². The predicted molar refractivity (Wildman–Crippen MR) is 133 cm³/mol. The van der Waals surface area contributed by atoms with Crippen molar-refractivity contribution in [3.63, 3.8) is 0 Å². The monoisotopic (exact) mass is 507 g/mol. The van der Waals surface area contributed by atoms with Crippen LogP contribution in [0.1, 0.15) is 28.6 Å². The summed E-state index contributed by atoms with van der Waals surface area (Å²) in [5.41, 5.74) is 3.52. The summed E-state index contributed by atoms with van der Waals surface area (Å²) in [5, 5.41) is 11.9. The summed E-state index contributed by atoms with van der Waals surface area (Å²) in [4.78, 5) is 36.8. The van der Waals surface area contributed by atoms with Crippen LogP contribution in [0, 0.1) is 6.92 Å². The average Bonchev–Trinajstić information content (AvgIpc) is 3.48. The zero-order valence-corrected chi connectivity index (χ0v) is 20.7. The summed E-state index contributed by atoms with van der Waals surface area (Å²) in [7, 11) is 0. The smallest absolute Gasteiger partial charge is 0.410 e. The van der Waals surface area contributed by atoms with Gasteiger partial charge in [-0.1, -0.05) is 22.9 Å². The molecule has 0 spiro atoms. The molecule has 4 heterocycles. The third-order valence-electron chi connectivity index (χ3n) is 5.71. The molecule has 1 aromatic carbocycles. The zero-order valence-electron chi connectivity index (χ0n) is 19.9. The molecular weight excluding hydrogens is 482 g/mol. The number of aromatic nitrogens is 5. The molecule has 0 atom stereocenters. The number of nitrogens with one attached hydrogen (secondary N) is 1. The summed E-state index contributed by atoms with van der Waals surface area (Å²) < 4.78 is 12.6. The number of hydrogen-bond donors (Lipinski definition) is 1. The zero-order chi connectivity index (χ0) is 25.1. The molecule has 5 rings (SSSR count). The molecule has 3 aromatic heterocycles. The van der Waals surface area contributed by atoms with Crippen LogP contribution in [0.15, 0.2) is 36.8 Å². The van der Waals surface area contributed by atoms with E-state index in [1.165, 1.54) is 22.3 Å². The van der Waals surface area contributed by atoms with Crippen molar-refractivity contribution in [3.05, 3.63) is 58.5 Å². The Hall–Kier alpha value is -4.06. The Bertz CT molecular complexity index is 1400. The van der Waals surface area contributed by atoms with Crippen LogP contribution >= 0.6 is 11.3 Å². The summed E-state index contributed by atoms with van der Waals surface area (Å²) in [6.45, 7) is 5.35. The van der Waals surface area contributed by atoms with Gasteiger partial charge in [-0.2, -0.15) is 0 Å². The molecule has 12 heteroatoms. The molecule has 0 aliphatic carbocycles. The summed E-state index contributed by atoms with van der Waals surface area (Å²) in [5.74, 6) is 0.268. The fourth-order valence-electron chi connectivity index (χ4n) is 3.99. The molecule has 1 aliphatic heterocycles. The molecule has 0 fully saturated rings. The first kappa shape index (κ1) is 23.7. The van der Waals surface area contributed by atoms with Gasteiger partial charge in [-0.3, -0.25) is 4.79 Å². The van der Waals surface area contributed by atoms with Crippen molar-refractivity contribution in [2.75, 3.05) is 18.5 Å². The number of aryl methyl sites for hydroxylation is 1. The van der Waals surface area contributed by atoms with Crippen molar-refractivity contribution in [2.24, 2.45) is 0 Å². The maximum Gasteiger partial charge on any atom is 0.410 e. The lowest BCUT2D eigenvalue weighted by atomic mass is 10.1. The van der Waals surface area contributed by atoms with Crippen LogP contribution in [-0.4, -0.2) is 55.0 Å². The van der Waals surface area contributed by atoms with E-state index in [-0.39, 0.29) is 25.2 Å². The van der Waals surface area contributed by atoms with E-state index in [0.29, 0.717) is 37.7 Å². The van der Waals surface area contributed by atoms with E-state index in [9.17, 15) is 9.59 Å². The Morgan fingerprint density at radius 3 is 2.83 bits per heavy atom. The maximum atomic E-state index is 12.3. The number of thiophene rings is 1. The quantitative estimate of drug-likeness (QED) is 0.404. The SMILES string of the molecule is CCOC(=O)N1CCc2c(sc3ncnc(OCc4cn(CC(=O)Nc5ccc(C)cc5)nn4)c23)C1. The van der Waals surface area contributed by atoms with Crippen LogP contribution in [0.5, 0.6) is 5.88 Å². The lowest BCUT2D eigenvalue weighted by molar-refractivity contribution is -0.116. The topological polar surface area (TPSA) is 124 Å². The summed E-state index contributed by atoms with van der Waals surface area (Å²) >= 11 is 1.53. The Labute approximate surface area is 211 Å². The molecular formula is C24H25N7O4S. The summed E-state index contributed by atoms with van der Waals surface area (Å²) in [6.07, 6.45) is 3.51. The first-order valence-electron chi connectivity index (χ1n) is 11.6. The molecule has 2 amide bonds. The number of benzene rings is 1. The number of carbonyl (C=O) groups is 2. The second kappa shape index (κ2) is 10.3. The van der Waals surface area contributed by atoms with Gasteiger partial charge in [0.1, 0.15) is 30.0 Å². The fraction of sp³-hybridized carbons (Fsp3) is 0.333. The molecule has 186 valence electrons. The number of anilines is 1. The number of hydrogen-bond acceptors (Lipinski definition) is 9. The van der Waals surface area contributed by atoms with Crippen molar-refractivity contribution in [1.82, 2.24) is 29.9 Å². The number of carbonyl (C=O) groups excluding carboxylic acids is 2. The number of amides is 2. The van der Waals surface area contributed by atoms with Gasteiger partial charge < -0.3 is 19.7 Å². The third kappa shape index (κ3) is 5.13. The third-order valence-corrected chi connectivity index (χ3v) is 6.84. The van der Waals surface area contributed by atoms with Gasteiger partial charge in [-0.05, 0) is 38.0 Å². The number of fused-ring (bicyclic) bond motifs is 3. The highest BCUT2D eigenvalue weighted by Gasteiger charge is 2.27. The van der Waals surface area contributed by atoms with Gasteiger partial charge in [0.2, 0.25) is 11.8 Å². The standard InChI is InChI=1S/C24H25N7O4S/c1-3-34-24(33)30-9-8-18-19(11-30)36-23-21(18)22(25-14-26-23)35-13-17-10-31(29-28-17)12-20(32)27-16-6-4-15(2)5-7-16/h4-7,10,14H,3,8-9,11-13H2,1-2H3,(H,27,32). The van der Waals surface area contributed by atoms with Crippen LogP contribution in [0.4, 0.5) is 10.5 Å². The Balaban J connectivity index is 1.23. The fourth-order valence-corrected chi connectivity index (χ4v) is 5.18. The molecule has 0 saturated carbocycles. The van der Waals surface area contributed by atoms with Crippen LogP contribution in [0.2, 0.25) is 0 Å². The second-order valence-corrected chi connectivity index (χ2v) is 9.43. The minimum absolute atomic E-state index is 0.0354. The molecule has 1 N–H and O–H groups in total. The molecule has 11 nitrogen and oxygen atoms in total. The molecule has 0 bridgehead atoms. The van der Waals surface area contributed by atoms with Crippen LogP contribution in [0.25, 0.3) is 10.2 Å². The predicted octanol–water partition coefficient (Wildman–Crippen LogP) is 3.32. The maximum absolute atomic E-state index is 12.3. The first-order chi connectivity index (χ1) is 17.5. The molecule has 0 saturated heterocycles. The Kier molecular flexibility index (Phi) is 6.76. The van der Waals surface area contributed by atoms with Gasteiger partial charge in [0.25, 0.3) is 0 Å². The van der Waals surface area contributed by atoms with E-state index in [4.69, 9.17) is 9.47 Å². The lowest BCUT2D eigenvalue weighted by Gasteiger charge is -2.26. The molecule has 36 heavy (non-hydrogen) atoms. The van der Waals surface area contributed by atoms with Gasteiger partial charge in [0.05, 0.1) is 24.7 Å². The first-order valence-corrected chi connectivity index (χ1v) is 12.4. The van der Waals surface area contributed by atoms with Gasteiger partial charge >= 0.3 is 6.09 Å². The largest absolute Gasteiger partial charge is 0.470 e. The van der Waals surface area contributed by atoms with Crippen molar-refractivity contribution in [2.45, 2.75) is 40.0 Å². The van der Waals surface area contributed by atoms with Crippen molar-refractivity contribution < 1.29 is 19.1 Å². The highest BCUT2D eigenvalue weighted by molar-refractivity contribution is 7.18. The molecule has 0 radical (unpaired) electrons. The second-order valence-electron chi connectivity index (χ2n) is 8.34. The van der Waals surface area contributed by atoms with Gasteiger partial charge in [-0.15, -0.1) is 16.4 Å². The highest BCUT2D eigenvalue weighted by Crippen LogP contribution is 2.38. The highest BCUT2D eigenvalue weighted by atomic mass is 32.1. The Morgan fingerprint density at radius 2 is 2.03 bits per heavy atom. The number of rotatable bonds is 7. The van der Waals surface area contributed by atoms with Crippen molar-refractivity contribution in [1.29, 1.82) is 0 Å². The Morgan fingerprint density at radius 1 is 1.19 bits per heavy atom. The normalized spacial score (nSPS) is 12.9. The number of ether oxygens (including phenoxy) is 2. The minimum Gasteiger partial charge on any atom is -0.470 e. The van der Waals surface area contributed by atoms with Gasteiger partial charge in [0.15, 0.2) is 0 Å². The summed E-state index contributed by atoms with van der Waals surface area (Å²) in [6, 6.07) is 7.58. The average molecular weight is 508 g/mol. The van der Waals surface area contributed by atoms with E-state index in [2.05, 4.69) is 25.6 Å². The van der Waals surface area contributed by atoms with Gasteiger partial charge in [0, 0.05) is 17.1 Å². The van der Waals surface area contributed by atoms with Gasteiger partial charge in [-0.25, -0.2) is 19.4 Å². The van der Waals surface area contributed by atoms with E-state index >= 15 is 0 Å². The van der Waals surface area contributed by atoms with Crippen LogP contribution in [-0.2, 0) is 35.6 Å².